The first kappa shape index (κ1) is 26.1. The summed E-state index contributed by atoms with van der Waals surface area (Å²) in [7, 11) is 1.32. The standard InChI is InChI=1S/C28H36O5S/c1-4-5-6-7-8-9-10-11-12-13-16-32-25-19-21(34-3)18-23-26(29)22-17-20(28(30)31-2)14-15-24(22)33-27(23)25/h14-15,17-19H,4-13,16H2,1-3H3. The molecule has 0 N–H and O–H groups in total. The van der Waals surface area contributed by atoms with E-state index < -0.39 is 5.97 Å². The molecule has 34 heavy (non-hydrogen) atoms. The van der Waals surface area contributed by atoms with E-state index in [1.54, 1.807) is 23.9 Å². The van der Waals surface area contributed by atoms with Crippen LogP contribution < -0.4 is 10.2 Å². The monoisotopic (exact) mass is 484 g/mol. The molecule has 0 saturated heterocycles. The van der Waals surface area contributed by atoms with Crippen LogP contribution in [0.1, 0.15) is 81.5 Å². The number of unbranched alkanes of at least 4 members (excludes halogenated alkanes) is 9. The number of fused-ring (bicyclic) bond motifs is 2. The van der Waals surface area contributed by atoms with E-state index in [0.29, 0.717) is 39.9 Å². The molecule has 0 bridgehead atoms. The fourth-order valence-electron chi connectivity index (χ4n) is 4.14. The molecule has 0 radical (unpaired) electrons. The van der Waals surface area contributed by atoms with Gasteiger partial charge in [-0.15, -0.1) is 11.8 Å². The Labute approximate surface area is 206 Å². The van der Waals surface area contributed by atoms with Gasteiger partial charge >= 0.3 is 5.97 Å². The highest BCUT2D eigenvalue weighted by Crippen LogP contribution is 2.32. The SMILES string of the molecule is CCCCCCCCCCCCOc1cc(SC)cc2c(=O)c3cc(C(=O)OC)ccc3oc12. The highest BCUT2D eigenvalue weighted by Gasteiger charge is 2.16. The van der Waals surface area contributed by atoms with Gasteiger partial charge in [0.15, 0.2) is 11.3 Å². The van der Waals surface area contributed by atoms with E-state index in [1.165, 1.54) is 64.5 Å². The van der Waals surface area contributed by atoms with E-state index in [4.69, 9.17) is 13.9 Å². The van der Waals surface area contributed by atoms with E-state index in [2.05, 4.69) is 6.92 Å². The van der Waals surface area contributed by atoms with E-state index >= 15 is 0 Å². The van der Waals surface area contributed by atoms with Gasteiger partial charge in [-0.1, -0.05) is 64.7 Å². The fraction of sp³-hybridized carbons (Fsp3) is 0.500. The van der Waals surface area contributed by atoms with Crippen LogP contribution in [-0.4, -0.2) is 25.9 Å². The maximum atomic E-state index is 13.3. The van der Waals surface area contributed by atoms with Crippen LogP contribution in [-0.2, 0) is 4.74 Å². The Hall–Kier alpha value is -2.47. The lowest BCUT2D eigenvalue weighted by atomic mass is 10.1. The number of carbonyl (C=O) groups excluding carboxylic acids is 1. The van der Waals surface area contributed by atoms with Crippen molar-refractivity contribution in [1.29, 1.82) is 0 Å². The third-order valence-electron chi connectivity index (χ3n) is 6.12. The Morgan fingerprint density at radius 1 is 0.912 bits per heavy atom. The average molecular weight is 485 g/mol. The lowest BCUT2D eigenvalue weighted by Crippen LogP contribution is -2.07. The largest absolute Gasteiger partial charge is 0.490 e. The van der Waals surface area contributed by atoms with Crippen LogP contribution in [0.3, 0.4) is 0 Å². The quantitative estimate of drug-likeness (QED) is 0.101. The molecule has 1 aromatic heterocycles. The van der Waals surface area contributed by atoms with Crippen molar-refractivity contribution in [2.75, 3.05) is 20.0 Å². The summed E-state index contributed by atoms with van der Waals surface area (Å²) in [6.07, 6.45) is 14.6. The molecule has 0 spiro atoms. The Bertz CT molecular complexity index is 1150. The Kier molecular flexibility index (Phi) is 10.3. The van der Waals surface area contributed by atoms with E-state index in [-0.39, 0.29) is 5.43 Å². The molecule has 0 aliphatic carbocycles. The van der Waals surface area contributed by atoms with Gasteiger partial charge in [-0.3, -0.25) is 4.79 Å². The molecule has 3 rings (SSSR count). The zero-order chi connectivity index (χ0) is 24.3. The molecule has 0 aliphatic heterocycles. The van der Waals surface area contributed by atoms with Crippen molar-refractivity contribution in [1.82, 2.24) is 0 Å². The van der Waals surface area contributed by atoms with Crippen LogP contribution in [0.5, 0.6) is 5.75 Å². The minimum absolute atomic E-state index is 0.179. The molecule has 2 aromatic carbocycles. The minimum Gasteiger partial charge on any atom is -0.490 e. The summed E-state index contributed by atoms with van der Waals surface area (Å²) in [5.41, 5.74) is 1.01. The molecule has 0 saturated carbocycles. The van der Waals surface area contributed by atoms with Crippen molar-refractivity contribution in [3.8, 4) is 5.75 Å². The van der Waals surface area contributed by atoms with Crippen molar-refractivity contribution >= 4 is 39.7 Å². The van der Waals surface area contributed by atoms with E-state index in [1.807, 2.05) is 18.4 Å². The highest BCUT2D eigenvalue weighted by atomic mass is 32.2. The average Bonchev–Trinajstić information content (AvgIpc) is 2.86. The molecule has 0 atom stereocenters. The lowest BCUT2D eigenvalue weighted by Gasteiger charge is -2.11. The predicted octanol–water partition coefficient (Wildman–Crippen LogP) is 7.75. The van der Waals surface area contributed by atoms with Crippen LogP contribution in [0.15, 0.2) is 44.4 Å². The van der Waals surface area contributed by atoms with Gasteiger partial charge in [-0.25, -0.2) is 4.79 Å². The minimum atomic E-state index is -0.486. The number of thioether (sulfide) groups is 1. The van der Waals surface area contributed by atoms with Gasteiger partial charge in [0.2, 0.25) is 5.43 Å². The van der Waals surface area contributed by atoms with Crippen LogP contribution in [0, 0.1) is 0 Å². The van der Waals surface area contributed by atoms with E-state index in [0.717, 1.165) is 17.7 Å². The number of rotatable bonds is 14. The van der Waals surface area contributed by atoms with Crippen molar-refractivity contribution in [2.45, 2.75) is 76.0 Å². The number of carbonyl (C=O) groups is 1. The summed E-state index contributed by atoms with van der Waals surface area (Å²) in [5.74, 6) is 0.105. The van der Waals surface area contributed by atoms with Crippen molar-refractivity contribution in [3.63, 3.8) is 0 Å². The Morgan fingerprint density at radius 3 is 2.24 bits per heavy atom. The number of ether oxygens (including phenoxy) is 2. The predicted molar refractivity (Wildman–Crippen MR) is 140 cm³/mol. The fourth-order valence-corrected chi connectivity index (χ4v) is 4.60. The summed E-state index contributed by atoms with van der Waals surface area (Å²) >= 11 is 1.55. The van der Waals surface area contributed by atoms with Crippen LogP contribution in [0.4, 0.5) is 0 Å². The number of methoxy groups -OCH3 is 1. The second-order valence-electron chi connectivity index (χ2n) is 8.67. The molecular formula is C28H36O5S. The van der Waals surface area contributed by atoms with Crippen LogP contribution in [0.2, 0.25) is 0 Å². The highest BCUT2D eigenvalue weighted by molar-refractivity contribution is 7.98. The third-order valence-corrected chi connectivity index (χ3v) is 6.83. The van der Waals surface area contributed by atoms with Crippen molar-refractivity contribution < 1.29 is 18.7 Å². The molecule has 5 nitrogen and oxygen atoms in total. The second-order valence-corrected chi connectivity index (χ2v) is 9.55. The topological polar surface area (TPSA) is 65.7 Å². The van der Waals surface area contributed by atoms with Gasteiger partial charge in [0.25, 0.3) is 0 Å². The second kappa shape index (κ2) is 13.4. The smallest absolute Gasteiger partial charge is 0.337 e. The normalized spacial score (nSPS) is 11.3. The Balaban J connectivity index is 1.67. The summed E-state index contributed by atoms with van der Waals surface area (Å²) < 4.78 is 17.0. The zero-order valence-corrected chi connectivity index (χ0v) is 21.4. The molecule has 0 fully saturated rings. The summed E-state index contributed by atoms with van der Waals surface area (Å²) in [4.78, 5) is 26.1. The molecule has 184 valence electrons. The lowest BCUT2D eigenvalue weighted by molar-refractivity contribution is 0.0601. The molecule has 3 aromatic rings. The van der Waals surface area contributed by atoms with Gasteiger partial charge in [-0.2, -0.15) is 0 Å². The summed E-state index contributed by atoms with van der Waals surface area (Å²) in [6, 6.07) is 8.52. The first-order valence-corrected chi connectivity index (χ1v) is 13.6. The molecule has 0 amide bonds. The van der Waals surface area contributed by atoms with Crippen LogP contribution >= 0.6 is 11.8 Å². The van der Waals surface area contributed by atoms with Gasteiger partial charge in [0, 0.05) is 4.90 Å². The number of benzene rings is 2. The van der Waals surface area contributed by atoms with Crippen molar-refractivity contribution in [2.24, 2.45) is 0 Å². The number of hydrogen-bond acceptors (Lipinski definition) is 6. The molecule has 1 heterocycles. The van der Waals surface area contributed by atoms with Gasteiger partial charge in [0.1, 0.15) is 5.58 Å². The van der Waals surface area contributed by atoms with Crippen molar-refractivity contribution in [3.05, 3.63) is 46.1 Å². The number of esters is 1. The molecule has 0 aliphatic rings. The van der Waals surface area contributed by atoms with E-state index in [9.17, 15) is 9.59 Å². The Morgan fingerprint density at radius 2 is 1.59 bits per heavy atom. The molecular weight excluding hydrogens is 448 g/mol. The van der Waals surface area contributed by atoms with Gasteiger partial charge in [0.05, 0.1) is 30.1 Å². The van der Waals surface area contributed by atoms with Gasteiger partial charge < -0.3 is 13.9 Å². The van der Waals surface area contributed by atoms with Gasteiger partial charge in [-0.05, 0) is 43.0 Å². The number of hydrogen-bond donors (Lipinski definition) is 0. The zero-order valence-electron chi connectivity index (χ0n) is 20.6. The summed E-state index contributed by atoms with van der Waals surface area (Å²) in [6.45, 7) is 2.84. The summed E-state index contributed by atoms with van der Waals surface area (Å²) in [5, 5.41) is 0.814. The molecule has 0 unspecified atom stereocenters. The first-order chi connectivity index (χ1) is 16.6. The third kappa shape index (κ3) is 6.78. The maximum Gasteiger partial charge on any atom is 0.337 e. The first-order valence-electron chi connectivity index (χ1n) is 12.4. The molecule has 6 heteroatoms. The maximum absolute atomic E-state index is 13.3. The van der Waals surface area contributed by atoms with Crippen LogP contribution in [0.25, 0.3) is 21.9 Å².